The van der Waals surface area contributed by atoms with Crippen molar-refractivity contribution in [2.24, 2.45) is 5.10 Å². The van der Waals surface area contributed by atoms with E-state index in [1.54, 1.807) is 18.6 Å². The first kappa shape index (κ1) is 12.7. The number of imidazole rings is 1. The van der Waals surface area contributed by atoms with Gasteiger partial charge in [0.05, 0.1) is 5.56 Å². The average molecular weight is 270 g/mol. The van der Waals surface area contributed by atoms with Gasteiger partial charge < -0.3 is 5.11 Å². The molecule has 3 rings (SSSR count). The second-order valence-corrected chi connectivity index (χ2v) is 4.93. The molecule has 2 heterocycles. The predicted molar refractivity (Wildman–Crippen MR) is 77.7 cm³/mol. The highest BCUT2D eigenvalue weighted by molar-refractivity contribution is 6.02. The van der Waals surface area contributed by atoms with Crippen molar-refractivity contribution in [3.05, 3.63) is 48.5 Å². The SMILES string of the molecule is Oc1ccccc1/C(=N/N1CCCCC1)n1ccnc1. The van der Waals surface area contributed by atoms with E-state index in [2.05, 4.69) is 9.99 Å². The molecule has 20 heavy (non-hydrogen) atoms. The molecule has 0 atom stereocenters. The van der Waals surface area contributed by atoms with Gasteiger partial charge in [-0.3, -0.25) is 9.58 Å². The lowest BCUT2D eigenvalue weighted by atomic mass is 10.1. The van der Waals surface area contributed by atoms with Crippen LogP contribution >= 0.6 is 0 Å². The van der Waals surface area contributed by atoms with E-state index in [0.717, 1.165) is 18.7 Å². The van der Waals surface area contributed by atoms with Gasteiger partial charge in [-0.2, -0.15) is 5.10 Å². The molecule has 1 aliphatic rings. The number of phenolic OH excluding ortho intramolecular Hbond substituents is 1. The van der Waals surface area contributed by atoms with Crippen LogP contribution in [0.5, 0.6) is 5.75 Å². The standard InChI is InChI=1S/C15H18N4O/c20-14-7-3-2-6-13(14)15(18-11-8-16-12-18)17-19-9-4-1-5-10-19/h2-3,6-8,11-12,20H,1,4-5,9-10H2/b17-15-. The predicted octanol–water partition coefficient (Wildman–Crippen LogP) is 2.28. The van der Waals surface area contributed by atoms with Crippen LogP contribution in [0.2, 0.25) is 0 Å². The van der Waals surface area contributed by atoms with Crippen molar-refractivity contribution in [2.45, 2.75) is 19.3 Å². The van der Waals surface area contributed by atoms with E-state index in [4.69, 9.17) is 5.10 Å². The van der Waals surface area contributed by atoms with Gasteiger partial charge in [-0.05, 0) is 31.4 Å². The highest BCUT2D eigenvalue weighted by Crippen LogP contribution is 2.19. The molecular weight excluding hydrogens is 252 g/mol. The monoisotopic (exact) mass is 270 g/mol. The molecule has 0 amide bonds. The smallest absolute Gasteiger partial charge is 0.169 e. The number of rotatable bonds is 2. The lowest BCUT2D eigenvalue weighted by Gasteiger charge is -2.25. The molecule has 1 aliphatic heterocycles. The fourth-order valence-electron chi connectivity index (χ4n) is 2.40. The van der Waals surface area contributed by atoms with E-state index in [1.807, 2.05) is 29.0 Å². The first-order valence-corrected chi connectivity index (χ1v) is 6.95. The third-order valence-corrected chi connectivity index (χ3v) is 3.46. The van der Waals surface area contributed by atoms with Crippen LogP contribution in [0, 0.1) is 0 Å². The number of nitrogens with zero attached hydrogens (tertiary/aromatic N) is 4. The Morgan fingerprint density at radius 2 is 1.95 bits per heavy atom. The summed E-state index contributed by atoms with van der Waals surface area (Å²) in [6.07, 6.45) is 8.86. The van der Waals surface area contributed by atoms with Crippen LogP contribution in [-0.4, -0.2) is 38.6 Å². The number of piperidine rings is 1. The van der Waals surface area contributed by atoms with E-state index >= 15 is 0 Å². The molecule has 1 N–H and O–H groups in total. The van der Waals surface area contributed by atoms with Gasteiger partial charge in [0.2, 0.25) is 0 Å². The Morgan fingerprint density at radius 3 is 2.65 bits per heavy atom. The minimum absolute atomic E-state index is 0.233. The van der Waals surface area contributed by atoms with Crippen molar-refractivity contribution >= 4 is 5.84 Å². The molecule has 0 bridgehead atoms. The van der Waals surface area contributed by atoms with Crippen LogP contribution in [-0.2, 0) is 0 Å². The molecule has 0 spiro atoms. The zero-order valence-electron chi connectivity index (χ0n) is 11.3. The van der Waals surface area contributed by atoms with Crippen molar-refractivity contribution in [1.82, 2.24) is 14.6 Å². The molecule has 1 aromatic carbocycles. The van der Waals surface area contributed by atoms with Gasteiger partial charge in [-0.15, -0.1) is 0 Å². The van der Waals surface area contributed by atoms with Crippen LogP contribution in [0.25, 0.3) is 0 Å². The average Bonchev–Trinajstić information content (AvgIpc) is 3.01. The zero-order chi connectivity index (χ0) is 13.8. The summed E-state index contributed by atoms with van der Waals surface area (Å²) in [4.78, 5) is 4.07. The molecule has 1 fully saturated rings. The number of hydrogen-bond donors (Lipinski definition) is 1. The van der Waals surface area contributed by atoms with Gasteiger partial charge in [0.1, 0.15) is 12.1 Å². The maximum Gasteiger partial charge on any atom is 0.169 e. The molecule has 0 saturated carbocycles. The molecule has 5 nitrogen and oxygen atoms in total. The number of phenols is 1. The van der Waals surface area contributed by atoms with Crippen molar-refractivity contribution in [3.8, 4) is 5.75 Å². The first-order valence-electron chi connectivity index (χ1n) is 6.95. The van der Waals surface area contributed by atoms with E-state index in [-0.39, 0.29) is 5.75 Å². The summed E-state index contributed by atoms with van der Waals surface area (Å²) in [5.74, 6) is 0.944. The Bertz CT molecular complexity index is 586. The summed E-state index contributed by atoms with van der Waals surface area (Å²) in [7, 11) is 0. The van der Waals surface area contributed by atoms with Crippen LogP contribution in [0.4, 0.5) is 0 Å². The number of para-hydroxylation sites is 1. The Balaban J connectivity index is 2.00. The molecule has 5 heteroatoms. The summed E-state index contributed by atoms with van der Waals surface area (Å²) in [6, 6.07) is 7.26. The molecule has 1 saturated heterocycles. The van der Waals surface area contributed by atoms with Crippen LogP contribution in [0.15, 0.2) is 48.1 Å². The lowest BCUT2D eigenvalue weighted by molar-refractivity contribution is 0.238. The van der Waals surface area contributed by atoms with Gasteiger partial charge in [-0.25, -0.2) is 4.98 Å². The normalized spacial score (nSPS) is 16.4. The van der Waals surface area contributed by atoms with Gasteiger partial charge in [-0.1, -0.05) is 12.1 Å². The molecule has 0 unspecified atom stereocenters. The minimum Gasteiger partial charge on any atom is -0.507 e. The lowest BCUT2D eigenvalue weighted by Crippen LogP contribution is -2.28. The number of hydrogen-bond acceptors (Lipinski definition) is 4. The fraction of sp³-hybridized carbons (Fsp3) is 0.333. The quantitative estimate of drug-likeness (QED) is 0.673. The van der Waals surface area contributed by atoms with E-state index in [1.165, 1.54) is 19.3 Å². The molecule has 2 aromatic rings. The van der Waals surface area contributed by atoms with Gasteiger partial charge in [0, 0.05) is 25.5 Å². The Kier molecular flexibility index (Phi) is 3.67. The molecule has 0 aliphatic carbocycles. The van der Waals surface area contributed by atoms with E-state index < -0.39 is 0 Å². The van der Waals surface area contributed by atoms with Gasteiger partial charge >= 0.3 is 0 Å². The highest BCUT2D eigenvalue weighted by Gasteiger charge is 2.14. The van der Waals surface area contributed by atoms with E-state index in [9.17, 15) is 5.11 Å². The number of aromatic nitrogens is 2. The second-order valence-electron chi connectivity index (χ2n) is 4.93. The van der Waals surface area contributed by atoms with Crippen molar-refractivity contribution < 1.29 is 5.11 Å². The molecular formula is C15H18N4O. The topological polar surface area (TPSA) is 53.7 Å². The van der Waals surface area contributed by atoms with Crippen LogP contribution in [0.1, 0.15) is 24.8 Å². The van der Waals surface area contributed by atoms with Crippen LogP contribution < -0.4 is 0 Å². The second kappa shape index (κ2) is 5.77. The maximum absolute atomic E-state index is 10.1. The van der Waals surface area contributed by atoms with Gasteiger partial charge in [0.15, 0.2) is 5.84 Å². The van der Waals surface area contributed by atoms with E-state index in [0.29, 0.717) is 5.84 Å². The first-order chi connectivity index (χ1) is 9.84. The fourth-order valence-corrected chi connectivity index (χ4v) is 2.40. The van der Waals surface area contributed by atoms with Crippen molar-refractivity contribution in [3.63, 3.8) is 0 Å². The van der Waals surface area contributed by atoms with Gasteiger partial charge in [0.25, 0.3) is 0 Å². The number of benzene rings is 1. The summed E-state index contributed by atoms with van der Waals surface area (Å²) >= 11 is 0. The molecule has 0 radical (unpaired) electrons. The van der Waals surface area contributed by atoms with Crippen molar-refractivity contribution in [2.75, 3.05) is 13.1 Å². The largest absolute Gasteiger partial charge is 0.507 e. The third kappa shape index (κ3) is 2.66. The minimum atomic E-state index is 0.233. The summed E-state index contributed by atoms with van der Waals surface area (Å²) in [6.45, 7) is 1.93. The third-order valence-electron chi connectivity index (χ3n) is 3.46. The summed E-state index contributed by atoms with van der Waals surface area (Å²) < 4.78 is 1.84. The Labute approximate surface area is 118 Å². The summed E-state index contributed by atoms with van der Waals surface area (Å²) in [5, 5.41) is 16.9. The number of aromatic hydroxyl groups is 1. The number of hydrazone groups is 1. The zero-order valence-corrected chi connectivity index (χ0v) is 11.3. The van der Waals surface area contributed by atoms with Crippen LogP contribution in [0.3, 0.4) is 0 Å². The maximum atomic E-state index is 10.1. The summed E-state index contributed by atoms with van der Waals surface area (Å²) in [5.41, 5.74) is 0.719. The molecule has 104 valence electrons. The Hall–Kier alpha value is -2.30. The highest BCUT2D eigenvalue weighted by atomic mass is 16.3. The molecule has 1 aromatic heterocycles. The van der Waals surface area contributed by atoms with Crippen molar-refractivity contribution in [1.29, 1.82) is 0 Å². The Morgan fingerprint density at radius 1 is 1.15 bits per heavy atom.